The summed E-state index contributed by atoms with van der Waals surface area (Å²) < 4.78 is 1.23. The molecule has 0 aliphatic carbocycles. The van der Waals surface area contributed by atoms with Gasteiger partial charge in [-0.1, -0.05) is 17.9 Å². The van der Waals surface area contributed by atoms with Crippen molar-refractivity contribution in [2.45, 2.75) is 44.8 Å². The summed E-state index contributed by atoms with van der Waals surface area (Å²) in [5.74, 6) is 6.31. The van der Waals surface area contributed by atoms with Crippen LogP contribution in [0.25, 0.3) is 10.1 Å². The third-order valence-electron chi connectivity index (χ3n) is 7.33. The number of nitrogens with zero attached hydrogens (tertiary/aromatic N) is 3. The van der Waals surface area contributed by atoms with E-state index in [0.717, 1.165) is 43.6 Å². The molecule has 2 aromatic heterocycles. The van der Waals surface area contributed by atoms with Crippen molar-refractivity contribution in [2.75, 3.05) is 13.1 Å². The van der Waals surface area contributed by atoms with Gasteiger partial charge in [0.25, 0.3) is 5.91 Å². The summed E-state index contributed by atoms with van der Waals surface area (Å²) in [6.07, 6.45) is 6.44. The Morgan fingerprint density at radius 2 is 1.97 bits per heavy atom. The number of rotatable bonds is 3. The number of hydrogen-bond acceptors (Lipinski definition) is 6. The van der Waals surface area contributed by atoms with Crippen molar-refractivity contribution in [3.63, 3.8) is 0 Å². The molecule has 3 aliphatic heterocycles. The number of hydrogen-bond donors (Lipinski definition) is 1. The predicted molar refractivity (Wildman–Crippen MR) is 137 cm³/mol. The number of fused-ring (bicyclic) bond motifs is 2. The van der Waals surface area contributed by atoms with Crippen LogP contribution >= 0.6 is 11.3 Å². The molecule has 1 N–H and O–H groups in total. The van der Waals surface area contributed by atoms with Gasteiger partial charge in [-0.15, -0.1) is 11.3 Å². The lowest BCUT2D eigenvalue weighted by Crippen LogP contribution is -2.52. The highest BCUT2D eigenvalue weighted by Crippen LogP contribution is 2.30. The Balaban J connectivity index is 1.10. The number of likely N-dealkylation sites (tertiary alicyclic amines) is 1. The summed E-state index contributed by atoms with van der Waals surface area (Å²) in [6.45, 7) is 3.35. The Hall–Kier alpha value is -3.54. The molecule has 3 amide bonds. The van der Waals surface area contributed by atoms with E-state index in [0.29, 0.717) is 24.4 Å². The quantitative estimate of drug-likeness (QED) is 0.443. The van der Waals surface area contributed by atoms with Crippen molar-refractivity contribution in [1.29, 1.82) is 0 Å². The van der Waals surface area contributed by atoms with Crippen LogP contribution in [-0.4, -0.2) is 51.6 Å². The van der Waals surface area contributed by atoms with Crippen molar-refractivity contribution in [3.05, 3.63) is 64.3 Å². The number of pyridine rings is 1. The Morgan fingerprint density at radius 1 is 1.11 bits per heavy atom. The van der Waals surface area contributed by atoms with Crippen LogP contribution in [0, 0.1) is 17.8 Å². The number of aromatic nitrogens is 1. The van der Waals surface area contributed by atoms with E-state index < -0.39 is 6.04 Å². The van der Waals surface area contributed by atoms with Gasteiger partial charge in [0.05, 0.1) is 4.70 Å². The standard InChI is InChI=1S/C28H26N4O3S/c33-26-7-6-24(27(34)30-26)32-17-23-19(2-1-3-22(23)28(32)35)5-4-18-9-12-31(13-10-18)16-21-14-20-8-11-29-15-25(20)36-21/h1-3,8,11,14-15,18,24H,6-7,9-10,12-13,16-17H2,(H,30,33,34). The normalized spacial score (nSPS) is 20.8. The van der Waals surface area contributed by atoms with Crippen molar-refractivity contribution in [1.82, 2.24) is 20.1 Å². The van der Waals surface area contributed by atoms with E-state index >= 15 is 0 Å². The average molecular weight is 499 g/mol. The molecule has 5 heterocycles. The molecule has 1 aromatic carbocycles. The van der Waals surface area contributed by atoms with Gasteiger partial charge in [0.1, 0.15) is 6.04 Å². The first-order valence-corrected chi connectivity index (χ1v) is 13.2. The second-order valence-corrected chi connectivity index (χ2v) is 10.8. The highest BCUT2D eigenvalue weighted by Gasteiger charge is 2.39. The van der Waals surface area contributed by atoms with Gasteiger partial charge in [-0.2, -0.15) is 0 Å². The Labute approximate surface area is 213 Å². The fourth-order valence-electron chi connectivity index (χ4n) is 5.36. The van der Waals surface area contributed by atoms with Crippen molar-refractivity contribution in [3.8, 4) is 11.8 Å². The van der Waals surface area contributed by atoms with E-state index in [1.807, 2.05) is 35.9 Å². The molecule has 0 radical (unpaired) electrons. The minimum atomic E-state index is -0.607. The number of thiophene rings is 1. The summed E-state index contributed by atoms with van der Waals surface area (Å²) in [4.78, 5) is 46.5. The number of piperidine rings is 2. The van der Waals surface area contributed by atoms with E-state index in [9.17, 15) is 14.4 Å². The molecule has 36 heavy (non-hydrogen) atoms. The molecule has 8 heteroatoms. The zero-order valence-corrected chi connectivity index (χ0v) is 20.6. The second-order valence-electron chi connectivity index (χ2n) is 9.68. The molecule has 1 atom stereocenters. The van der Waals surface area contributed by atoms with Gasteiger partial charge >= 0.3 is 0 Å². The fraction of sp³-hybridized carbons (Fsp3) is 0.357. The van der Waals surface area contributed by atoms with Crippen molar-refractivity contribution < 1.29 is 14.4 Å². The smallest absolute Gasteiger partial charge is 0.255 e. The predicted octanol–water partition coefficient (Wildman–Crippen LogP) is 3.32. The topological polar surface area (TPSA) is 82.6 Å². The fourth-order valence-corrected chi connectivity index (χ4v) is 6.43. The van der Waals surface area contributed by atoms with Gasteiger partial charge in [0, 0.05) is 53.8 Å². The summed E-state index contributed by atoms with van der Waals surface area (Å²) in [6, 6.07) is 9.34. The zero-order chi connectivity index (χ0) is 24.6. The third-order valence-corrected chi connectivity index (χ3v) is 8.40. The van der Waals surface area contributed by atoms with Crippen LogP contribution in [0.1, 0.15) is 52.0 Å². The van der Waals surface area contributed by atoms with Gasteiger partial charge in [0.15, 0.2) is 0 Å². The average Bonchev–Trinajstić information content (AvgIpc) is 3.44. The van der Waals surface area contributed by atoms with Crippen molar-refractivity contribution in [2.24, 2.45) is 5.92 Å². The number of carbonyl (C=O) groups excluding carboxylic acids is 3. The molecule has 3 aromatic rings. The molecule has 182 valence electrons. The molecule has 0 saturated carbocycles. The number of carbonyl (C=O) groups is 3. The molecule has 7 nitrogen and oxygen atoms in total. The summed E-state index contributed by atoms with van der Waals surface area (Å²) in [7, 11) is 0. The first-order valence-electron chi connectivity index (χ1n) is 12.4. The molecule has 3 aliphatic rings. The minimum Gasteiger partial charge on any atom is -0.322 e. The van der Waals surface area contributed by atoms with Gasteiger partial charge in [-0.25, -0.2) is 0 Å². The van der Waals surface area contributed by atoms with E-state index in [2.05, 4.69) is 39.2 Å². The van der Waals surface area contributed by atoms with Crippen molar-refractivity contribution >= 4 is 39.1 Å². The third kappa shape index (κ3) is 4.41. The van der Waals surface area contributed by atoms with Gasteiger partial charge in [-0.3, -0.25) is 29.6 Å². The monoisotopic (exact) mass is 498 g/mol. The molecule has 2 saturated heterocycles. The highest BCUT2D eigenvalue weighted by molar-refractivity contribution is 7.19. The maximum Gasteiger partial charge on any atom is 0.255 e. The lowest BCUT2D eigenvalue weighted by molar-refractivity contribution is -0.136. The van der Waals surface area contributed by atoms with Crippen LogP contribution in [0.15, 0.2) is 42.7 Å². The molecular formula is C28H26N4O3S. The van der Waals surface area contributed by atoms with Gasteiger partial charge in [-0.05, 0) is 67.6 Å². The summed E-state index contributed by atoms with van der Waals surface area (Å²) in [5.41, 5.74) is 2.35. The highest BCUT2D eigenvalue weighted by atomic mass is 32.1. The first-order chi connectivity index (χ1) is 17.5. The molecule has 6 rings (SSSR count). The first kappa shape index (κ1) is 22.9. The lowest BCUT2D eigenvalue weighted by atomic mass is 9.96. The maximum atomic E-state index is 13.0. The lowest BCUT2D eigenvalue weighted by Gasteiger charge is -2.29. The molecule has 1 unspecified atom stereocenters. The van der Waals surface area contributed by atoms with Crippen LogP contribution in [0.2, 0.25) is 0 Å². The zero-order valence-electron chi connectivity index (χ0n) is 19.8. The molecule has 0 bridgehead atoms. The Kier molecular flexibility index (Phi) is 6.04. The van der Waals surface area contributed by atoms with Crippen LogP contribution in [0.4, 0.5) is 0 Å². The van der Waals surface area contributed by atoms with E-state index in [4.69, 9.17) is 0 Å². The number of amides is 3. The van der Waals surface area contributed by atoms with Crippen LogP contribution in [-0.2, 0) is 22.7 Å². The summed E-state index contributed by atoms with van der Waals surface area (Å²) >= 11 is 1.82. The van der Waals surface area contributed by atoms with Crippen LogP contribution < -0.4 is 5.32 Å². The number of imide groups is 1. The molecule has 2 fully saturated rings. The largest absolute Gasteiger partial charge is 0.322 e. The van der Waals surface area contributed by atoms with E-state index in [-0.39, 0.29) is 24.1 Å². The van der Waals surface area contributed by atoms with E-state index in [1.165, 1.54) is 15.0 Å². The second kappa shape index (κ2) is 9.49. The SMILES string of the molecule is O=C1CCC(N2Cc3c(C#CC4CCN(Cc5cc6ccncc6s5)CC4)cccc3C2=O)C(=O)N1. The van der Waals surface area contributed by atoms with E-state index in [1.54, 1.807) is 11.0 Å². The Bertz CT molecular complexity index is 1390. The van der Waals surface area contributed by atoms with Gasteiger partial charge in [0.2, 0.25) is 11.8 Å². The number of benzene rings is 1. The summed E-state index contributed by atoms with van der Waals surface area (Å²) in [5, 5.41) is 3.62. The Morgan fingerprint density at radius 3 is 2.78 bits per heavy atom. The van der Waals surface area contributed by atoms with Crippen LogP contribution in [0.3, 0.4) is 0 Å². The van der Waals surface area contributed by atoms with Gasteiger partial charge < -0.3 is 4.90 Å². The maximum absolute atomic E-state index is 13.0. The molecule has 0 spiro atoms. The van der Waals surface area contributed by atoms with Crippen LogP contribution in [0.5, 0.6) is 0 Å². The number of nitrogens with one attached hydrogen (secondary N) is 1. The minimum absolute atomic E-state index is 0.159. The molecular weight excluding hydrogens is 472 g/mol.